The fourth-order valence-corrected chi connectivity index (χ4v) is 4.75. The normalized spacial score (nSPS) is 24.8. The number of hydrogen-bond acceptors (Lipinski definition) is 4. The van der Waals surface area contributed by atoms with Gasteiger partial charge >= 0.3 is 6.18 Å². The highest BCUT2D eigenvalue weighted by Crippen LogP contribution is 2.56. The summed E-state index contributed by atoms with van der Waals surface area (Å²) >= 11 is 0. The summed E-state index contributed by atoms with van der Waals surface area (Å²) in [5, 5.41) is 24.3. The number of aromatic hydroxyl groups is 1. The maximum Gasteiger partial charge on any atom is 0.419 e. The first kappa shape index (κ1) is 22.3. The lowest BCUT2D eigenvalue weighted by atomic mass is 9.68. The van der Waals surface area contributed by atoms with E-state index in [0.29, 0.717) is 10.3 Å². The Morgan fingerprint density at radius 1 is 1.31 bits per heavy atom. The number of benzene rings is 2. The molecule has 1 aliphatic heterocycles. The summed E-state index contributed by atoms with van der Waals surface area (Å²) in [5.41, 5.74) is -2.28. The van der Waals surface area contributed by atoms with Crippen molar-refractivity contribution in [1.82, 2.24) is 0 Å². The van der Waals surface area contributed by atoms with E-state index < -0.39 is 41.7 Å². The van der Waals surface area contributed by atoms with Crippen molar-refractivity contribution in [3.8, 4) is 5.75 Å². The number of alkyl halides is 3. The Kier molecular flexibility index (Phi) is 5.27. The molecule has 0 aromatic heterocycles. The summed E-state index contributed by atoms with van der Waals surface area (Å²) in [5.74, 6) is -2.48. The Bertz CT molecular complexity index is 1130. The molecule has 4 rings (SSSR count). The average molecular weight is 451 g/mol. The molecule has 2 aromatic carbocycles. The van der Waals surface area contributed by atoms with Crippen molar-refractivity contribution in [1.29, 1.82) is 0 Å². The van der Waals surface area contributed by atoms with Crippen molar-refractivity contribution >= 4 is 17.5 Å². The maximum absolute atomic E-state index is 14.5. The first-order valence-corrected chi connectivity index (χ1v) is 10.3. The Balaban J connectivity index is 1.94. The molecule has 3 N–H and O–H groups in total. The van der Waals surface area contributed by atoms with Crippen LogP contribution in [0.15, 0.2) is 30.3 Å². The highest BCUT2D eigenvalue weighted by Gasteiger charge is 2.62. The van der Waals surface area contributed by atoms with Crippen molar-refractivity contribution in [3.63, 3.8) is 0 Å². The predicted molar refractivity (Wildman–Crippen MR) is 111 cm³/mol. The summed E-state index contributed by atoms with van der Waals surface area (Å²) in [6.07, 6.45) is -2.37. The lowest BCUT2D eigenvalue weighted by Gasteiger charge is -2.46. The van der Waals surface area contributed by atoms with Gasteiger partial charge in [-0.05, 0) is 55.0 Å². The standard InChI is InChI=1S/C23H22F4N2O3/c1-3-13-11-22(31,23(25,26)27)21(15-10-12(2)19(24)20(30)18(13)15)28-16-7-4-8-17-14(16)6-5-9-29(17)32/h4-8,10,13,21,28,31H,3,9,11H2,1-2H3/p+1/t13-,21+,22+/m1/s1. The third-order valence-corrected chi connectivity index (χ3v) is 6.44. The average Bonchev–Trinajstić information content (AvgIpc) is 2.73. The summed E-state index contributed by atoms with van der Waals surface area (Å²) in [6, 6.07) is 4.11. The zero-order chi connectivity index (χ0) is 23.4. The molecule has 0 amide bonds. The lowest BCUT2D eigenvalue weighted by Crippen LogP contribution is -2.55. The van der Waals surface area contributed by atoms with E-state index in [1.807, 2.05) is 0 Å². The Morgan fingerprint density at radius 3 is 2.69 bits per heavy atom. The molecule has 0 unspecified atom stereocenters. The molecule has 1 aliphatic carbocycles. The molecule has 0 spiro atoms. The molecule has 2 aliphatic rings. The van der Waals surface area contributed by atoms with Crippen molar-refractivity contribution < 1.29 is 32.5 Å². The van der Waals surface area contributed by atoms with E-state index in [9.17, 15) is 32.7 Å². The summed E-state index contributed by atoms with van der Waals surface area (Å²) in [7, 11) is 0. The molecule has 2 aromatic rings. The molecule has 9 heteroatoms. The van der Waals surface area contributed by atoms with Gasteiger partial charge in [0.2, 0.25) is 6.54 Å². The highest BCUT2D eigenvalue weighted by atomic mass is 19.4. The zero-order valence-electron chi connectivity index (χ0n) is 17.5. The summed E-state index contributed by atoms with van der Waals surface area (Å²) in [4.78, 5) is 12.2. The number of nitrogens with zero attached hydrogens (tertiary/aromatic N) is 1. The molecule has 170 valence electrons. The molecule has 0 fully saturated rings. The zero-order valence-corrected chi connectivity index (χ0v) is 17.5. The molecule has 0 radical (unpaired) electrons. The van der Waals surface area contributed by atoms with Gasteiger partial charge in [0.15, 0.2) is 17.2 Å². The van der Waals surface area contributed by atoms with Gasteiger partial charge < -0.3 is 15.5 Å². The third-order valence-electron chi connectivity index (χ3n) is 6.44. The molecular formula is C23H23F4N2O3+. The van der Waals surface area contributed by atoms with Crippen LogP contribution >= 0.6 is 0 Å². The van der Waals surface area contributed by atoms with Gasteiger partial charge in [-0.1, -0.05) is 19.1 Å². The van der Waals surface area contributed by atoms with E-state index >= 15 is 0 Å². The molecule has 0 saturated heterocycles. The summed E-state index contributed by atoms with van der Waals surface area (Å²) in [6.45, 7) is 3.08. The highest BCUT2D eigenvalue weighted by molar-refractivity contribution is 5.76. The first-order chi connectivity index (χ1) is 15.0. The van der Waals surface area contributed by atoms with Crippen molar-refractivity contribution in [2.45, 2.75) is 50.4 Å². The molecular weight excluding hydrogens is 428 g/mol. The van der Waals surface area contributed by atoms with Crippen molar-refractivity contribution in [2.75, 3.05) is 11.9 Å². The quantitative estimate of drug-likeness (QED) is 0.418. The molecule has 1 heterocycles. The number of nitroso groups, excluding NO2 is 1. The van der Waals surface area contributed by atoms with Gasteiger partial charge in [0.25, 0.3) is 5.69 Å². The second-order valence-corrected chi connectivity index (χ2v) is 8.37. The van der Waals surface area contributed by atoms with E-state index in [-0.39, 0.29) is 41.0 Å². The molecule has 5 nitrogen and oxygen atoms in total. The maximum atomic E-state index is 14.5. The Hall–Kier alpha value is -2.94. The minimum atomic E-state index is -5.01. The topological polar surface area (TPSA) is 72.6 Å². The molecule has 0 bridgehead atoms. The van der Waals surface area contributed by atoms with Crippen molar-refractivity contribution in [2.24, 2.45) is 0 Å². The van der Waals surface area contributed by atoms with Crippen LogP contribution < -0.4 is 5.32 Å². The van der Waals surface area contributed by atoms with Crippen molar-refractivity contribution in [3.05, 3.63) is 63.3 Å². The van der Waals surface area contributed by atoms with Crippen LogP contribution in [0, 0.1) is 17.6 Å². The van der Waals surface area contributed by atoms with E-state index in [0.717, 1.165) is 0 Å². The Labute approximate surface area is 182 Å². The van der Waals surface area contributed by atoms with E-state index in [2.05, 4.69) is 5.32 Å². The number of phenolic OH excluding ortho intramolecular Hbond substituents is 1. The minimum absolute atomic E-state index is 0.0179. The SMILES string of the molecule is CC[C@@H]1C[C@@](O)(C(F)(F)F)[C@@H](Nc2cccc3c2C=CC[N+]3=O)c2cc(C)c(F)c(O)c21. The van der Waals surface area contributed by atoms with E-state index in [1.54, 1.807) is 25.1 Å². The molecule has 32 heavy (non-hydrogen) atoms. The van der Waals surface area contributed by atoms with Crippen LogP contribution in [0.5, 0.6) is 5.75 Å². The first-order valence-electron chi connectivity index (χ1n) is 10.3. The largest absolute Gasteiger partial charge is 0.505 e. The third kappa shape index (κ3) is 3.26. The molecule has 3 atom stereocenters. The van der Waals surface area contributed by atoms with Gasteiger partial charge in [-0.25, -0.2) is 4.39 Å². The number of anilines is 1. The fourth-order valence-electron chi connectivity index (χ4n) is 4.75. The fraction of sp³-hybridized carbons (Fsp3) is 0.391. The second kappa shape index (κ2) is 7.58. The van der Waals surface area contributed by atoms with Gasteiger partial charge in [0.05, 0.1) is 11.6 Å². The second-order valence-electron chi connectivity index (χ2n) is 8.37. The van der Waals surface area contributed by atoms with Crippen LogP contribution in [-0.2, 0) is 0 Å². The number of halogens is 4. The van der Waals surface area contributed by atoms with Crippen LogP contribution in [0.3, 0.4) is 0 Å². The molecule has 0 saturated carbocycles. The van der Waals surface area contributed by atoms with Crippen LogP contribution in [0.2, 0.25) is 0 Å². The van der Waals surface area contributed by atoms with Gasteiger partial charge in [0.1, 0.15) is 0 Å². The van der Waals surface area contributed by atoms with Gasteiger partial charge in [-0.2, -0.15) is 13.2 Å². The van der Waals surface area contributed by atoms with Gasteiger partial charge in [-0.3, -0.25) is 0 Å². The number of fused-ring (bicyclic) bond motifs is 2. The van der Waals surface area contributed by atoms with Crippen LogP contribution in [0.25, 0.3) is 6.08 Å². The minimum Gasteiger partial charge on any atom is -0.505 e. The van der Waals surface area contributed by atoms with Gasteiger partial charge in [-0.15, -0.1) is 0 Å². The van der Waals surface area contributed by atoms with Crippen LogP contribution in [-0.4, -0.2) is 33.3 Å². The van der Waals surface area contributed by atoms with Crippen LogP contribution in [0.4, 0.5) is 28.9 Å². The summed E-state index contributed by atoms with van der Waals surface area (Å²) < 4.78 is 58.0. The Morgan fingerprint density at radius 2 is 2.03 bits per heavy atom. The van der Waals surface area contributed by atoms with E-state index in [4.69, 9.17) is 0 Å². The van der Waals surface area contributed by atoms with Crippen LogP contribution in [0.1, 0.15) is 54.0 Å². The van der Waals surface area contributed by atoms with Gasteiger partial charge in [0, 0.05) is 27.0 Å². The van der Waals surface area contributed by atoms with E-state index in [1.165, 1.54) is 25.1 Å². The number of nitrogens with one attached hydrogen (secondary N) is 1. The number of rotatable bonds is 3. The lowest BCUT2D eigenvalue weighted by molar-refractivity contribution is -0.452. The number of aliphatic hydroxyl groups is 1. The predicted octanol–water partition coefficient (Wildman–Crippen LogP) is 5.62. The monoisotopic (exact) mass is 451 g/mol. The smallest absolute Gasteiger partial charge is 0.419 e. The number of phenols is 1. The number of hydrogen-bond donors (Lipinski definition) is 3. The number of aryl methyl sites for hydroxylation is 1.